The molecule has 14 heteroatoms. The number of aliphatic hydroxyl groups is 2. The van der Waals surface area contributed by atoms with Crippen LogP contribution in [0.15, 0.2) is 72.8 Å². The highest BCUT2D eigenvalue weighted by Gasteiger charge is 2.85. The molecule has 2 aliphatic heterocycles. The third-order valence-corrected chi connectivity index (χ3v) is 10.2. The zero-order valence-electron chi connectivity index (χ0n) is 30.7. The fourth-order valence-corrected chi connectivity index (χ4v) is 7.38. The molecule has 4 rings (SSSR count). The number of carbonyl (C=O) groups is 5. The summed E-state index contributed by atoms with van der Waals surface area (Å²) < 4.78 is 22.2. The minimum atomic E-state index is -3.86. The Kier molecular flexibility index (Phi) is 14.1. The van der Waals surface area contributed by atoms with E-state index in [0.29, 0.717) is 6.42 Å². The second-order valence-electron chi connectivity index (χ2n) is 14.2. The molecule has 0 radical (unpaired) electrons. The number of allylic oxidation sites excluding steroid dienone is 2. The smallest absolute Gasteiger partial charge is 0.344 e. The highest BCUT2D eigenvalue weighted by atomic mass is 16.8. The molecule has 2 bridgehead atoms. The largest absolute Gasteiger partial charge is 0.479 e. The molecular weight excluding hydrogens is 704 g/mol. The van der Waals surface area contributed by atoms with Crippen molar-refractivity contribution in [1.29, 1.82) is 0 Å². The van der Waals surface area contributed by atoms with Crippen LogP contribution in [-0.4, -0.2) is 96.8 Å². The lowest BCUT2D eigenvalue weighted by molar-refractivity contribution is -0.374. The van der Waals surface area contributed by atoms with E-state index in [1.165, 1.54) is 12.5 Å². The Morgan fingerprint density at radius 3 is 2.09 bits per heavy atom. The lowest BCUT2D eigenvalue weighted by atomic mass is 9.74. The predicted molar refractivity (Wildman–Crippen MR) is 191 cm³/mol. The van der Waals surface area contributed by atoms with E-state index in [0.717, 1.165) is 24.8 Å². The highest BCUT2D eigenvalue weighted by molar-refractivity contribution is 5.98. The van der Waals surface area contributed by atoms with Crippen molar-refractivity contribution in [3.8, 4) is 0 Å². The number of aliphatic hydroxyl groups excluding tert-OH is 1. The third kappa shape index (κ3) is 9.17. The molecule has 0 amide bonds. The van der Waals surface area contributed by atoms with Gasteiger partial charge in [-0.25, -0.2) is 14.4 Å². The van der Waals surface area contributed by atoms with Gasteiger partial charge in [-0.05, 0) is 67.9 Å². The number of aliphatic carboxylic acids is 3. The standard InChI is InChI=1S/C40H50O14/c1-25(15-12-20-28-16-6-4-7-17-28)14-10-11-22-31(42)52-33-32(43)38(53-34(35(44)45)39(50,36(46)47)40(33,54-38)37(48)49)23-13-21-30(51-27(3)41)26(2)24-29-18-8-5-9-19-29/h4-10,14,16-19,25-26,30,32-34,43,50H,11-13,15,20-24H2,1-3H3,(H,44,45)(H,46,47)(H,48,49)/t25-,26-,30+,32-,33-,34-,38+,39-,40+/m1/s1. The second kappa shape index (κ2) is 18.1. The highest BCUT2D eigenvalue weighted by Crippen LogP contribution is 2.55. The molecule has 2 aliphatic rings. The first-order valence-corrected chi connectivity index (χ1v) is 18.2. The van der Waals surface area contributed by atoms with Crippen LogP contribution in [0, 0.1) is 11.8 Å². The maximum absolute atomic E-state index is 13.2. The Bertz CT molecular complexity index is 1650. The van der Waals surface area contributed by atoms with Gasteiger partial charge in [-0.15, -0.1) is 0 Å². The van der Waals surface area contributed by atoms with Crippen molar-refractivity contribution in [2.45, 2.75) is 120 Å². The van der Waals surface area contributed by atoms with Gasteiger partial charge in [0.15, 0.2) is 6.10 Å². The van der Waals surface area contributed by atoms with Crippen molar-refractivity contribution >= 4 is 29.8 Å². The van der Waals surface area contributed by atoms with Gasteiger partial charge in [0, 0.05) is 19.8 Å². The monoisotopic (exact) mass is 754 g/mol. The molecule has 2 fully saturated rings. The number of benzene rings is 2. The third-order valence-electron chi connectivity index (χ3n) is 10.2. The number of aryl methyl sites for hydroxylation is 1. The molecule has 2 heterocycles. The van der Waals surface area contributed by atoms with Crippen LogP contribution in [-0.2, 0) is 55.8 Å². The first kappa shape index (κ1) is 42.1. The molecule has 2 aromatic rings. The van der Waals surface area contributed by atoms with E-state index in [-0.39, 0.29) is 37.5 Å². The Balaban J connectivity index is 1.51. The Morgan fingerprint density at radius 1 is 0.889 bits per heavy atom. The summed E-state index contributed by atoms with van der Waals surface area (Å²) in [6.45, 7) is 5.12. The maximum atomic E-state index is 13.2. The number of fused-ring (bicyclic) bond motifs is 2. The van der Waals surface area contributed by atoms with Crippen molar-refractivity contribution in [2.24, 2.45) is 11.8 Å². The molecule has 54 heavy (non-hydrogen) atoms. The molecule has 14 nitrogen and oxygen atoms in total. The van der Waals surface area contributed by atoms with E-state index in [9.17, 15) is 49.5 Å². The van der Waals surface area contributed by atoms with Gasteiger partial charge in [-0.1, -0.05) is 86.7 Å². The van der Waals surface area contributed by atoms with Gasteiger partial charge in [0.25, 0.3) is 0 Å². The van der Waals surface area contributed by atoms with Gasteiger partial charge in [-0.3, -0.25) is 9.59 Å². The number of carboxylic acid groups (broad SMARTS) is 3. The van der Waals surface area contributed by atoms with Crippen LogP contribution >= 0.6 is 0 Å². The maximum Gasteiger partial charge on any atom is 0.344 e. The lowest BCUT2D eigenvalue weighted by Gasteiger charge is -2.48. The molecule has 0 saturated carbocycles. The van der Waals surface area contributed by atoms with Crippen LogP contribution < -0.4 is 0 Å². The van der Waals surface area contributed by atoms with E-state index in [1.54, 1.807) is 6.08 Å². The van der Waals surface area contributed by atoms with E-state index in [2.05, 4.69) is 12.1 Å². The average molecular weight is 755 g/mol. The number of hydrogen-bond acceptors (Lipinski definition) is 11. The molecule has 2 saturated heterocycles. The van der Waals surface area contributed by atoms with Crippen LogP contribution in [0.3, 0.4) is 0 Å². The van der Waals surface area contributed by atoms with E-state index in [1.807, 2.05) is 68.5 Å². The summed E-state index contributed by atoms with van der Waals surface area (Å²) in [6.07, 6.45) is -1.75. The summed E-state index contributed by atoms with van der Waals surface area (Å²) in [5.41, 5.74) is -5.16. The molecule has 0 spiro atoms. The van der Waals surface area contributed by atoms with Crippen molar-refractivity contribution in [1.82, 2.24) is 0 Å². The Labute approximate surface area is 313 Å². The number of rotatable bonds is 20. The molecule has 0 aromatic heterocycles. The van der Waals surface area contributed by atoms with Crippen molar-refractivity contribution in [3.05, 3.63) is 83.9 Å². The number of carbonyl (C=O) groups excluding carboxylic acids is 2. The van der Waals surface area contributed by atoms with E-state index >= 15 is 0 Å². The molecule has 9 atom stereocenters. The normalized spacial score (nSPS) is 27.8. The molecule has 0 unspecified atom stereocenters. The molecule has 294 valence electrons. The predicted octanol–water partition coefficient (Wildman–Crippen LogP) is 4.08. The van der Waals surface area contributed by atoms with Crippen LogP contribution in [0.25, 0.3) is 0 Å². The van der Waals surface area contributed by atoms with Gasteiger partial charge in [-0.2, -0.15) is 0 Å². The quantitative estimate of drug-likeness (QED) is 0.0950. The van der Waals surface area contributed by atoms with Gasteiger partial charge in [0.2, 0.25) is 23.1 Å². The van der Waals surface area contributed by atoms with Gasteiger partial charge in [0.1, 0.15) is 12.2 Å². The summed E-state index contributed by atoms with van der Waals surface area (Å²) in [6, 6.07) is 19.4. The number of esters is 2. The summed E-state index contributed by atoms with van der Waals surface area (Å²) in [5, 5.41) is 53.7. The zero-order valence-corrected chi connectivity index (χ0v) is 30.7. The number of ether oxygens (including phenoxy) is 4. The van der Waals surface area contributed by atoms with Crippen molar-refractivity contribution in [3.63, 3.8) is 0 Å². The number of hydrogen-bond donors (Lipinski definition) is 5. The topological polar surface area (TPSA) is 223 Å². The van der Waals surface area contributed by atoms with Gasteiger partial charge >= 0.3 is 29.8 Å². The summed E-state index contributed by atoms with van der Waals surface area (Å²) >= 11 is 0. The SMILES string of the molecule is CC(=O)O[C@@H](CCC[C@]12O[C@H](C(=O)O)[C@@](O)(C(=O)O)[C@](C(=O)O)(O1)[C@H](OC(=O)CCC=C[C@@H](C)CCCc1ccccc1)[C@H]2O)[C@H](C)Cc1ccccc1. The Morgan fingerprint density at radius 2 is 1.52 bits per heavy atom. The first-order valence-electron chi connectivity index (χ1n) is 18.2. The lowest BCUT2D eigenvalue weighted by Crippen LogP contribution is -2.78. The zero-order chi connectivity index (χ0) is 39.7. The molecule has 2 aromatic carbocycles. The van der Waals surface area contributed by atoms with E-state index < -0.39 is 77.7 Å². The van der Waals surface area contributed by atoms with E-state index in [4.69, 9.17) is 18.9 Å². The van der Waals surface area contributed by atoms with Gasteiger partial charge in [0.05, 0.1) is 0 Å². The van der Waals surface area contributed by atoms with Crippen LogP contribution in [0.5, 0.6) is 0 Å². The van der Waals surface area contributed by atoms with Crippen LogP contribution in [0.1, 0.15) is 76.8 Å². The summed E-state index contributed by atoms with van der Waals surface area (Å²) in [5.74, 6) is -10.8. The first-order chi connectivity index (χ1) is 25.6. The summed E-state index contributed by atoms with van der Waals surface area (Å²) in [7, 11) is 0. The van der Waals surface area contributed by atoms with Crippen molar-refractivity contribution < 1.29 is 68.5 Å². The molecule has 0 aliphatic carbocycles. The van der Waals surface area contributed by atoms with Gasteiger partial charge < -0.3 is 44.5 Å². The minimum Gasteiger partial charge on any atom is -0.479 e. The molecule has 5 N–H and O–H groups in total. The Hall–Kier alpha value is -4.63. The molecular formula is C40H50O14. The van der Waals surface area contributed by atoms with Crippen LogP contribution in [0.4, 0.5) is 0 Å². The minimum absolute atomic E-state index is 0.0311. The second-order valence-corrected chi connectivity index (χ2v) is 14.2. The fourth-order valence-electron chi connectivity index (χ4n) is 7.38. The van der Waals surface area contributed by atoms with Crippen molar-refractivity contribution in [2.75, 3.05) is 0 Å². The summed E-state index contributed by atoms with van der Waals surface area (Å²) in [4.78, 5) is 63.2. The fraction of sp³-hybridized carbons (Fsp3) is 0.525. The van der Waals surface area contributed by atoms with Crippen LogP contribution in [0.2, 0.25) is 0 Å². The average Bonchev–Trinajstić information content (AvgIpc) is 3.33. The number of carboxylic acids is 3.